The molecule has 0 saturated carbocycles. The maximum atomic E-state index is 11.9. The van der Waals surface area contributed by atoms with Crippen LogP contribution in [0, 0.1) is 13.8 Å². The van der Waals surface area contributed by atoms with Crippen LogP contribution in [0.2, 0.25) is 10.0 Å². The second-order valence-electron chi connectivity index (χ2n) is 6.63. The van der Waals surface area contributed by atoms with E-state index in [0.717, 1.165) is 28.2 Å². The number of halogens is 2. The van der Waals surface area contributed by atoms with E-state index in [-0.39, 0.29) is 6.54 Å². The minimum atomic E-state index is -0.836. The Balaban J connectivity index is 1.65. The van der Waals surface area contributed by atoms with Crippen LogP contribution < -0.4 is 10.7 Å². The maximum Gasteiger partial charge on any atom is 0.329 e. The van der Waals surface area contributed by atoms with Gasteiger partial charge in [-0.2, -0.15) is 5.10 Å². The lowest BCUT2D eigenvalue weighted by molar-refractivity contribution is -0.139. The van der Waals surface area contributed by atoms with Crippen molar-refractivity contribution < 1.29 is 9.59 Å². The van der Waals surface area contributed by atoms with Crippen LogP contribution in [0.4, 0.5) is 0 Å². The molecule has 0 fully saturated rings. The largest absolute Gasteiger partial charge is 0.344 e. The third-order valence-corrected chi connectivity index (χ3v) is 5.03. The lowest BCUT2D eigenvalue weighted by Gasteiger charge is -2.11. The van der Waals surface area contributed by atoms with Crippen LogP contribution >= 0.6 is 23.2 Å². The Labute approximate surface area is 184 Å². The van der Waals surface area contributed by atoms with Gasteiger partial charge in [-0.15, -0.1) is 0 Å². The van der Waals surface area contributed by atoms with Crippen LogP contribution in [0.3, 0.4) is 0 Å². The summed E-state index contributed by atoms with van der Waals surface area (Å²) in [6, 6.07) is 16.5. The van der Waals surface area contributed by atoms with Crippen LogP contribution in [0.15, 0.2) is 59.7 Å². The molecule has 6 nitrogen and oxygen atoms in total. The van der Waals surface area contributed by atoms with Crippen molar-refractivity contribution in [3.05, 3.63) is 87.2 Å². The van der Waals surface area contributed by atoms with Gasteiger partial charge in [-0.25, -0.2) is 5.43 Å². The van der Waals surface area contributed by atoms with Crippen molar-refractivity contribution in [2.75, 3.05) is 0 Å². The van der Waals surface area contributed by atoms with Crippen LogP contribution in [0.5, 0.6) is 0 Å². The molecule has 3 aromatic rings. The lowest BCUT2D eigenvalue weighted by atomic mass is 10.2. The molecule has 0 saturated heterocycles. The molecular weight excluding hydrogens is 423 g/mol. The predicted molar refractivity (Wildman–Crippen MR) is 119 cm³/mol. The number of hydrogen-bond donors (Lipinski definition) is 2. The molecule has 3 rings (SSSR count). The number of nitrogens with one attached hydrogen (secondary N) is 2. The van der Waals surface area contributed by atoms with Crippen LogP contribution in [0.1, 0.15) is 22.5 Å². The Morgan fingerprint density at radius 2 is 1.77 bits per heavy atom. The van der Waals surface area contributed by atoms with Crippen molar-refractivity contribution in [1.29, 1.82) is 0 Å². The molecule has 2 amide bonds. The SMILES string of the molecule is Cc1cc(/C=N\NC(=O)C(=O)NCc2ccccc2)c(C)n1-c1ccc(Cl)cc1Cl. The first-order valence-electron chi connectivity index (χ1n) is 9.16. The minimum absolute atomic E-state index is 0.264. The number of benzene rings is 2. The topological polar surface area (TPSA) is 75.5 Å². The molecule has 0 aliphatic rings. The van der Waals surface area contributed by atoms with E-state index in [1.807, 2.05) is 60.9 Å². The third-order valence-electron chi connectivity index (χ3n) is 4.49. The summed E-state index contributed by atoms with van der Waals surface area (Å²) in [6.45, 7) is 4.11. The molecule has 0 radical (unpaired) electrons. The molecule has 0 bridgehead atoms. The minimum Gasteiger partial charge on any atom is -0.344 e. The van der Waals surface area contributed by atoms with Crippen molar-refractivity contribution >= 4 is 41.2 Å². The van der Waals surface area contributed by atoms with Gasteiger partial charge in [-0.1, -0.05) is 53.5 Å². The average Bonchev–Trinajstić information content (AvgIpc) is 3.00. The molecule has 8 heteroatoms. The number of rotatable bonds is 5. The van der Waals surface area contributed by atoms with E-state index in [1.54, 1.807) is 12.1 Å². The average molecular weight is 443 g/mol. The zero-order valence-electron chi connectivity index (χ0n) is 16.4. The number of aryl methyl sites for hydroxylation is 1. The van der Waals surface area contributed by atoms with Gasteiger partial charge in [0.05, 0.1) is 16.9 Å². The summed E-state index contributed by atoms with van der Waals surface area (Å²) in [5.74, 6) is -1.59. The molecule has 1 aromatic heterocycles. The Kier molecular flexibility index (Phi) is 6.92. The fraction of sp³-hybridized carbons (Fsp3) is 0.136. The first kappa shape index (κ1) is 21.6. The standard InChI is InChI=1S/C22H20Cl2N4O2/c1-14-10-17(15(2)28(14)20-9-8-18(23)11-19(20)24)13-26-27-22(30)21(29)25-12-16-6-4-3-5-7-16/h3-11,13H,12H2,1-2H3,(H,25,29)(H,27,30)/b26-13-. The Morgan fingerprint density at radius 1 is 1.03 bits per heavy atom. The van der Waals surface area contributed by atoms with Crippen molar-refractivity contribution in [1.82, 2.24) is 15.3 Å². The fourth-order valence-electron chi connectivity index (χ4n) is 3.02. The first-order valence-corrected chi connectivity index (χ1v) is 9.92. The van der Waals surface area contributed by atoms with E-state index in [2.05, 4.69) is 15.8 Å². The highest BCUT2D eigenvalue weighted by Crippen LogP contribution is 2.28. The first-order chi connectivity index (χ1) is 14.4. The van der Waals surface area contributed by atoms with Gasteiger partial charge in [0.2, 0.25) is 0 Å². The number of carbonyl (C=O) groups excluding carboxylic acids is 2. The summed E-state index contributed by atoms with van der Waals surface area (Å²) in [5.41, 5.74) is 6.53. The van der Waals surface area contributed by atoms with E-state index in [1.165, 1.54) is 6.21 Å². The molecule has 0 atom stereocenters. The van der Waals surface area contributed by atoms with Crippen molar-refractivity contribution in [2.24, 2.45) is 5.10 Å². The van der Waals surface area contributed by atoms with Crippen molar-refractivity contribution in [3.63, 3.8) is 0 Å². The van der Waals surface area contributed by atoms with Crippen LogP contribution in [-0.4, -0.2) is 22.6 Å². The van der Waals surface area contributed by atoms with Gasteiger partial charge in [0.15, 0.2) is 0 Å². The van der Waals surface area contributed by atoms with E-state index >= 15 is 0 Å². The lowest BCUT2D eigenvalue weighted by Crippen LogP contribution is -2.37. The van der Waals surface area contributed by atoms with Crippen molar-refractivity contribution in [2.45, 2.75) is 20.4 Å². The number of carbonyl (C=O) groups is 2. The summed E-state index contributed by atoms with van der Waals surface area (Å²) < 4.78 is 1.97. The molecule has 30 heavy (non-hydrogen) atoms. The highest BCUT2D eigenvalue weighted by molar-refractivity contribution is 6.36. The molecule has 0 spiro atoms. The molecule has 0 aliphatic heterocycles. The molecule has 2 N–H and O–H groups in total. The van der Waals surface area contributed by atoms with E-state index < -0.39 is 11.8 Å². The Hall–Kier alpha value is -3.09. The maximum absolute atomic E-state index is 11.9. The third kappa shape index (κ3) is 5.09. The monoisotopic (exact) mass is 442 g/mol. The molecule has 154 valence electrons. The molecule has 0 unspecified atom stereocenters. The summed E-state index contributed by atoms with van der Waals surface area (Å²) in [4.78, 5) is 23.8. The fourth-order valence-corrected chi connectivity index (χ4v) is 3.51. The van der Waals surface area contributed by atoms with E-state index in [0.29, 0.717) is 10.0 Å². The number of nitrogens with zero attached hydrogens (tertiary/aromatic N) is 2. The molecule has 2 aromatic carbocycles. The van der Waals surface area contributed by atoms with Gasteiger partial charge >= 0.3 is 11.8 Å². The Morgan fingerprint density at radius 3 is 2.47 bits per heavy atom. The normalized spacial score (nSPS) is 10.9. The van der Waals surface area contributed by atoms with E-state index in [9.17, 15) is 9.59 Å². The summed E-state index contributed by atoms with van der Waals surface area (Å²) in [7, 11) is 0. The predicted octanol–water partition coefficient (Wildman–Crippen LogP) is 4.17. The molecule has 1 heterocycles. The highest BCUT2D eigenvalue weighted by atomic mass is 35.5. The van der Waals surface area contributed by atoms with Crippen LogP contribution in [-0.2, 0) is 16.1 Å². The van der Waals surface area contributed by atoms with Gasteiger partial charge in [0.1, 0.15) is 0 Å². The zero-order chi connectivity index (χ0) is 21.7. The second-order valence-corrected chi connectivity index (χ2v) is 7.47. The number of hydrogen-bond acceptors (Lipinski definition) is 3. The van der Waals surface area contributed by atoms with Gasteiger partial charge in [-0.05, 0) is 43.7 Å². The zero-order valence-corrected chi connectivity index (χ0v) is 18.0. The second kappa shape index (κ2) is 9.61. The summed E-state index contributed by atoms with van der Waals surface area (Å²) >= 11 is 12.3. The van der Waals surface area contributed by atoms with E-state index in [4.69, 9.17) is 23.2 Å². The molecule has 0 aliphatic carbocycles. The van der Waals surface area contributed by atoms with Gasteiger partial charge in [0.25, 0.3) is 0 Å². The van der Waals surface area contributed by atoms with Crippen LogP contribution in [0.25, 0.3) is 5.69 Å². The number of aromatic nitrogens is 1. The molecular formula is C22H20Cl2N4O2. The van der Waals surface area contributed by atoms with Gasteiger partial charge < -0.3 is 9.88 Å². The van der Waals surface area contributed by atoms with Gasteiger partial charge in [0, 0.05) is 28.5 Å². The smallest absolute Gasteiger partial charge is 0.329 e. The highest BCUT2D eigenvalue weighted by Gasteiger charge is 2.14. The van der Waals surface area contributed by atoms with Crippen molar-refractivity contribution in [3.8, 4) is 5.69 Å². The number of amides is 2. The summed E-state index contributed by atoms with van der Waals surface area (Å²) in [5, 5.41) is 7.54. The summed E-state index contributed by atoms with van der Waals surface area (Å²) in [6.07, 6.45) is 1.49. The number of hydrazone groups is 1. The Bertz CT molecular complexity index is 1110. The van der Waals surface area contributed by atoms with Gasteiger partial charge in [-0.3, -0.25) is 9.59 Å². The quantitative estimate of drug-likeness (QED) is 0.353.